The van der Waals surface area contributed by atoms with Crippen LogP contribution in [0.1, 0.15) is 25.8 Å². The highest BCUT2D eigenvalue weighted by molar-refractivity contribution is 14.0. The van der Waals surface area contributed by atoms with E-state index in [0.29, 0.717) is 6.54 Å². The number of benzene rings is 1. The molecule has 0 amide bonds. The third kappa shape index (κ3) is 10.2. The van der Waals surface area contributed by atoms with Gasteiger partial charge in [-0.25, -0.2) is 4.99 Å². The van der Waals surface area contributed by atoms with Gasteiger partial charge in [0.25, 0.3) is 0 Å². The molecule has 2 N–H and O–H groups in total. The lowest BCUT2D eigenvalue weighted by molar-refractivity contribution is 0.0376. The summed E-state index contributed by atoms with van der Waals surface area (Å²) in [6.45, 7) is 13.5. The third-order valence-corrected chi connectivity index (χ3v) is 4.22. The Bertz CT molecular complexity index is 551. The number of nitrogens with zero attached hydrogens (tertiary/aromatic N) is 2. The molecular formula is C20H35IN4O2. The molecule has 0 aliphatic carbocycles. The molecule has 1 aromatic carbocycles. The molecule has 1 aromatic rings. The summed E-state index contributed by atoms with van der Waals surface area (Å²) in [5.74, 6) is 1.75. The Morgan fingerprint density at radius 1 is 1.30 bits per heavy atom. The smallest absolute Gasteiger partial charge is 0.191 e. The minimum atomic E-state index is 0. The van der Waals surface area contributed by atoms with Crippen LogP contribution in [0.15, 0.2) is 29.3 Å². The molecule has 1 atom stereocenters. The van der Waals surface area contributed by atoms with E-state index in [9.17, 15) is 0 Å². The Kier molecular flexibility index (Phi) is 12.4. The quantitative estimate of drug-likeness (QED) is 0.241. The van der Waals surface area contributed by atoms with Gasteiger partial charge in [-0.15, -0.1) is 24.0 Å². The van der Waals surface area contributed by atoms with E-state index in [0.717, 1.165) is 64.1 Å². The fraction of sp³-hybridized carbons (Fsp3) is 0.650. The predicted octanol–water partition coefficient (Wildman–Crippen LogP) is 2.66. The molecule has 0 aromatic heterocycles. The number of ether oxygens (including phenoxy) is 2. The summed E-state index contributed by atoms with van der Waals surface area (Å²) >= 11 is 0. The monoisotopic (exact) mass is 490 g/mol. The maximum absolute atomic E-state index is 5.95. The van der Waals surface area contributed by atoms with Gasteiger partial charge in [-0.05, 0) is 51.4 Å². The summed E-state index contributed by atoms with van der Waals surface area (Å²) in [6, 6.07) is 8.12. The van der Waals surface area contributed by atoms with E-state index in [1.54, 1.807) is 0 Å². The Hall–Kier alpha value is -1.06. The second-order valence-electron chi connectivity index (χ2n) is 6.70. The lowest BCUT2D eigenvalue weighted by Gasteiger charge is -2.26. The van der Waals surface area contributed by atoms with Gasteiger partial charge >= 0.3 is 0 Å². The Balaban J connectivity index is 0.00000364. The van der Waals surface area contributed by atoms with E-state index < -0.39 is 0 Å². The summed E-state index contributed by atoms with van der Waals surface area (Å²) in [5.41, 5.74) is 1.20. The van der Waals surface area contributed by atoms with Gasteiger partial charge in [0.15, 0.2) is 5.96 Å². The number of hydrogen-bond donors (Lipinski definition) is 2. The number of rotatable bonds is 9. The normalized spacial score (nSPS) is 16.3. The molecule has 1 heterocycles. The number of aryl methyl sites for hydroxylation is 1. The Morgan fingerprint density at radius 2 is 2.07 bits per heavy atom. The van der Waals surface area contributed by atoms with Crippen LogP contribution in [0, 0.1) is 6.92 Å². The van der Waals surface area contributed by atoms with E-state index in [2.05, 4.69) is 46.5 Å². The molecule has 1 aliphatic heterocycles. The lowest BCUT2D eigenvalue weighted by Crippen LogP contribution is -2.41. The van der Waals surface area contributed by atoms with Crippen molar-refractivity contribution in [2.45, 2.75) is 33.3 Å². The first-order chi connectivity index (χ1) is 12.7. The largest absolute Gasteiger partial charge is 0.489 e. The number of aliphatic imine (C=N–C) groups is 1. The van der Waals surface area contributed by atoms with Crippen LogP contribution in [-0.4, -0.2) is 69.4 Å². The zero-order valence-electron chi connectivity index (χ0n) is 16.9. The van der Waals surface area contributed by atoms with Crippen LogP contribution in [0.25, 0.3) is 0 Å². The van der Waals surface area contributed by atoms with Gasteiger partial charge in [0.05, 0.1) is 19.8 Å². The van der Waals surface area contributed by atoms with Crippen molar-refractivity contribution in [2.24, 2.45) is 4.99 Å². The van der Waals surface area contributed by atoms with Crippen LogP contribution < -0.4 is 15.4 Å². The first-order valence-electron chi connectivity index (χ1n) is 9.73. The van der Waals surface area contributed by atoms with Gasteiger partial charge in [-0.2, -0.15) is 0 Å². The minimum absolute atomic E-state index is 0. The molecule has 1 aliphatic rings. The highest BCUT2D eigenvalue weighted by Crippen LogP contribution is 2.14. The van der Waals surface area contributed by atoms with Crippen molar-refractivity contribution in [3.8, 4) is 5.75 Å². The predicted molar refractivity (Wildman–Crippen MR) is 123 cm³/mol. The van der Waals surface area contributed by atoms with E-state index >= 15 is 0 Å². The molecule has 0 spiro atoms. The van der Waals surface area contributed by atoms with Crippen molar-refractivity contribution in [2.75, 3.05) is 52.5 Å². The summed E-state index contributed by atoms with van der Waals surface area (Å²) in [4.78, 5) is 7.10. The minimum Gasteiger partial charge on any atom is -0.489 e. The molecule has 154 valence electrons. The van der Waals surface area contributed by atoms with Crippen LogP contribution in [0.3, 0.4) is 0 Å². The molecule has 6 nitrogen and oxygen atoms in total. The van der Waals surface area contributed by atoms with Crippen molar-refractivity contribution < 1.29 is 9.47 Å². The zero-order chi connectivity index (χ0) is 18.6. The zero-order valence-corrected chi connectivity index (χ0v) is 19.2. The van der Waals surface area contributed by atoms with E-state index in [-0.39, 0.29) is 30.1 Å². The second kappa shape index (κ2) is 14.0. The molecule has 0 radical (unpaired) electrons. The number of morpholine rings is 1. The van der Waals surface area contributed by atoms with Gasteiger partial charge < -0.3 is 20.1 Å². The van der Waals surface area contributed by atoms with Crippen LogP contribution in [-0.2, 0) is 4.74 Å². The standard InChI is InChI=1S/C20H34N4O2.HI/c1-4-21-20(22-9-6-10-24-11-13-25-14-12-24)23-16-18(3)26-19-8-5-7-17(2)15-19;/h5,7-8,15,18H,4,6,9-14,16H2,1-3H3,(H2,21,22,23);1H. The van der Waals surface area contributed by atoms with Crippen LogP contribution in [0.5, 0.6) is 5.75 Å². The van der Waals surface area contributed by atoms with Crippen LogP contribution in [0.4, 0.5) is 0 Å². The van der Waals surface area contributed by atoms with Crippen molar-refractivity contribution in [1.29, 1.82) is 0 Å². The summed E-state index contributed by atoms with van der Waals surface area (Å²) in [5, 5.41) is 6.71. The van der Waals surface area contributed by atoms with Crippen molar-refractivity contribution in [3.05, 3.63) is 29.8 Å². The highest BCUT2D eigenvalue weighted by Gasteiger charge is 2.09. The fourth-order valence-corrected chi connectivity index (χ4v) is 2.85. The van der Waals surface area contributed by atoms with Crippen molar-refractivity contribution in [3.63, 3.8) is 0 Å². The second-order valence-corrected chi connectivity index (χ2v) is 6.70. The van der Waals surface area contributed by atoms with Gasteiger partial charge in [0.2, 0.25) is 0 Å². The number of halogens is 1. The van der Waals surface area contributed by atoms with Crippen molar-refractivity contribution in [1.82, 2.24) is 15.5 Å². The molecule has 2 rings (SSSR count). The molecule has 1 unspecified atom stereocenters. The number of nitrogens with one attached hydrogen (secondary N) is 2. The molecule has 0 bridgehead atoms. The molecule has 1 saturated heterocycles. The fourth-order valence-electron chi connectivity index (χ4n) is 2.85. The van der Waals surface area contributed by atoms with E-state index in [1.165, 1.54) is 5.56 Å². The van der Waals surface area contributed by atoms with Gasteiger partial charge in [0, 0.05) is 26.2 Å². The lowest BCUT2D eigenvalue weighted by atomic mass is 10.2. The van der Waals surface area contributed by atoms with Gasteiger partial charge in [-0.3, -0.25) is 4.90 Å². The van der Waals surface area contributed by atoms with Crippen LogP contribution >= 0.6 is 24.0 Å². The third-order valence-electron chi connectivity index (χ3n) is 4.22. The van der Waals surface area contributed by atoms with E-state index in [1.807, 2.05) is 19.1 Å². The Labute approximate surface area is 181 Å². The first kappa shape index (κ1) is 24.0. The maximum atomic E-state index is 5.95. The summed E-state index contributed by atoms with van der Waals surface area (Å²) < 4.78 is 11.3. The number of guanidine groups is 1. The average molecular weight is 490 g/mol. The molecule has 7 heteroatoms. The topological polar surface area (TPSA) is 58.1 Å². The number of hydrogen-bond acceptors (Lipinski definition) is 4. The van der Waals surface area contributed by atoms with E-state index in [4.69, 9.17) is 9.47 Å². The highest BCUT2D eigenvalue weighted by atomic mass is 127. The molecule has 27 heavy (non-hydrogen) atoms. The molecule has 0 saturated carbocycles. The average Bonchev–Trinajstić information content (AvgIpc) is 2.64. The molecular weight excluding hydrogens is 455 g/mol. The summed E-state index contributed by atoms with van der Waals surface area (Å²) in [7, 11) is 0. The first-order valence-corrected chi connectivity index (χ1v) is 9.73. The van der Waals surface area contributed by atoms with Crippen LogP contribution in [0.2, 0.25) is 0 Å². The molecule has 1 fully saturated rings. The maximum Gasteiger partial charge on any atom is 0.191 e. The SMILES string of the molecule is CCNC(=NCC(C)Oc1cccc(C)c1)NCCCN1CCOCC1.I. The van der Waals surface area contributed by atoms with Crippen molar-refractivity contribution >= 4 is 29.9 Å². The summed E-state index contributed by atoms with van der Waals surface area (Å²) in [6.07, 6.45) is 1.13. The van der Waals surface area contributed by atoms with Gasteiger partial charge in [-0.1, -0.05) is 12.1 Å². The Morgan fingerprint density at radius 3 is 2.78 bits per heavy atom. The van der Waals surface area contributed by atoms with Gasteiger partial charge in [0.1, 0.15) is 11.9 Å².